The molecular formula is C8H14O5S. The molecule has 2 unspecified atom stereocenters. The van der Waals surface area contributed by atoms with Crippen LogP contribution < -0.4 is 0 Å². The van der Waals surface area contributed by atoms with Crippen molar-refractivity contribution >= 4 is 15.8 Å². The summed E-state index contributed by atoms with van der Waals surface area (Å²) in [5, 5.41) is 18.7. The fourth-order valence-electron chi connectivity index (χ4n) is 1.92. The molecule has 0 aromatic rings. The van der Waals surface area contributed by atoms with Crippen LogP contribution in [-0.4, -0.2) is 41.7 Å². The molecule has 0 bridgehead atoms. The molecule has 0 aromatic carbocycles. The van der Waals surface area contributed by atoms with Crippen LogP contribution in [0.2, 0.25) is 0 Å². The van der Waals surface area contributed by atoms with Gasteiger partial charge in [0.2, 0.25) is 0 Å². The Bertz CT molecular complexity index is 334. The summed E-state index contributed by atoms with van der Waals surface area (Å²) in [7, 11) is -3.26. The van der Waals surface area contributed by atoms with Gasteiger partial charge in [0.25, 0.3) is 0 Å². The number of sulfone groups is 1. The van der Waals surface area contributed by atoms with Gasteiger partial charge >= 0.3 is 5.97 Å². The number of carboxylic acid groups (broad SMARTS) is 1. The highest BCUT2D eigenvalue weighted by atomic mass is 32.2. The largest absolute Gasteiger partial charge is 0.481 e. The standard InChI is InChI=1S/C8H14O5S/c1-2-6(7(9)10)8(11)3-4-14(12,13)5-8/h6,11H,2-5H2,1H3,(H,9,10). The monoisotopic (exact) mass is 222 g/mol. The van der Waals surface area contributed by atoms with Crippen LogP contribution in [0.1, 0.15) is 19.8 Å². The average Bonchev–Trinajstić information content (AvgIpc) is 2.26. The van der Waals surface area contributed by atoms with Gasteiger partial charge in [0.05, 0.1) is 23.0 Å². The van der Waals surface area contributed by atoms with Crippen molar-refractivity contribution in [2.75, 3.05) is 11.5 Å². The van der Waals surface area contributed by atoms with E-state index >= 15 is 0 Å². The van der Waals surface area contributed by atoms with Crippen molar-refractivity contribution in [1.29, 1.82) is 0 Å². The van der Waals surface area contributed by atoms with Crippen LogP contribution in [0.4, 0.5) is 0 Å². The predicted octanol–water partition coefficient (Wildman–Crippen LogP) is -0.353. The maximum Gasteiger partial charge on any atom is 0.309 e. The Hall–Kier alpha value is -0.620. The lowest BCUT2D eigenvalue weighted by Gasteiger charge is -2.27. The molecule has 1 rings (SSSR count). The minimum atomic E-state index is -3.26. The smallest absolute Gasteiger partial charge is 0.309 e. The van der Waals surface area contributed by atoms with Gasteiger partial charge in [0, 0.05) is 0 Å². The molecule has 2 N–H and O–H groups in total. The number of carbonyl (C=O) groups is 1. The Morgan fingerprint density at radius 2 is 2.14 bits per heavy atom. The van der Waals surface area contributed by atoms with Crippen molar-refractivity contribution in [3.8, 4) is 0 Å². The molecule has 0 aliphatic carbocycles. The quantitative estimate of drug-likeness (QED) is 0.680. The molecule has 0 aromatic heterocycles. The van der Waals surface area contributed by atoms with E-state index in [0.717, 1.165) is 0 Å². The number of rotatable bonds is 3. The summed E-state index contributed by atoms with van der Waals surface area (Å²) in [5.74, 6) is -2.66. The second kappa shape index (κ2) is 3.51. The fourth-order valence-corrected chi connectivity index (χ4v) is 3.83. The average molecular weight is 222 g/mol. The van der Waals surface area contributed by atoms with Crippen molar-refractivity contribution in [2.24, 2.45) is 5.92 Å². The van der Waals surface area contributed by atoms with Crippen LogP contribution in [0, 0.1) is 5.92 Å². The second-order valence-corrected chi connectivity index (χ2v) is 5.93. The van der Waals surface area contributed by atoms with Crippen LogP contribution in [0.25, 0.3) is 0 Å². The molecule has 0 radical (unpaired) electrons. The first-order chi connectivity index (χ1) is 6.31. The van der Waals surface area contributed by atoms with E-state index in [9.17, 15) is 18.3 Å². The first kappa shape index (κ1) is 11.5. The fraction of sp³-hybridized carbons (Fsp3) is 0.875. The van der Waals surface area contributed by atoms with Crippen LogP contribution >= 0.6 is 0 Å². The van der Waals surface area contributed by atoms with E-state index in [0.29, 0.717) is 0 Å². The van der Waals surface area contributed by atoms with E-state index in [4.69, 9.17) is 5.11 Å². The number of aliphatic carboxylic acids is 1. The van der Waals surface area contributed by atoms with Crippen LogP contribution in [0.15, 0.2) is 0 Å². The zero-order valence-electron chi connectivity index (χ0n) is 7.93. The zero-order chi connectivity index (χ0) is 11.0. The summed E-state index contributed by atoms with van der Waals surface area (Å²) in [6, 6.07) is 0. The maximum absolute atomic E-state index is 11.1. The molecule has 1 saturated heterocycles. The molecule has 0 spiro atoms. The van der Waals surface area contributed by atoms with Gasteiger partial charge in [0.1, 0.15) is 0 Å². The summed E-state index contributed by atoms with van der Waals surface area (Å²) in [5.41, 5.74) is -1.57. The van der Waals surface area contributed by atoms with Crippen molar-refractivity contribution in [1.82, 2.24) is 0 Å². The first-order valence-corrected chi connectivity index (χ1v) is 6.28. The van der Waals surface area contributed by atoms with Crippen LogP contribution in [-0.2, 0) is 14.6 Å². The molecule has 6 heteroatoms. The molecule has 1 heterocycles. The van der Waals surface area contributed by atoms with Crippen molar-refractivity contribution < 1.29 is 23.4 Å². The lowest BCUT2D eigenvalue weighted by molar-refractivity contribution is -0.150. The maximum atomic E-state index is 11.1. The van der Waals surface area contributed by atoms with Crippen molar-refractivity contribution in [3.05, 3.63) is 0 Å². The van der Waals surface area contributed by atoms with Crippen LogP contribution in [0.5, 0.6) is 0 Å². The normalized spacial score (nSPS) is 32.7. The van der Waals surface area contributed by atoms with Crippen LogP contribution in [0.3, 0.4) is 0 Å². The van der Waals surface area contributed by atoms with Gasteiger partial charge in [-0.3, -0.25) is 4.79 Å². The topological polar surface area (TPSA) is 91.7 Å². The second-order valence-electron chi connectivity index (χ2n) is 3.74. The molecule has 1 aliphatic rings. The van der Waals surface area contributed by atoms with Crippen molar-refractivity contribution in [3.63, 3.8) is 0 Å². The SMILES string of the molecule is CCC(C(=O)O)C1(O)CCS(=O)(=O)C1. The molecule has 82 valence electrons. The molecule has 2 atom stereocenters. The molecule has 14 heavy (non-hydrogen) atoms. The van der Waals surface area contributed by atoms with E-state index in [1.807, 2.05) is 0 Å². The third-order valence-corrected chi connectivity index (χ3v) is 4.44. The highest BCUT2D eigenvalue weighted by molar-refractivity contribution is 7.91. The Balaban J connectivity index is 2.91. The third kappa shape index (κ3) is 2.06. The van der Waals surface area contributed by atoms with Gasteiger partial charge in [-0.05, 0) is 12.8 Å². The van der Waals surface area contributed by atoms with E-state index in [1.54, 1.807) is 6.92 Å². The Morgan fingerprint density at radius 3 is 2.43 bits per heavy atom. The lowest BCUT2D eigenvalue weighted by Crippen LogP contribution is -2.43. The Kier molecular flexibility index (Phi) is 2.87. The highest BCUT2D eigenvalue weighted by Gasteiger charge is 2.48. The summed E-state index contributed by atoms with van der Waals surface area (Å²) in [6.07, 6.45) is 0.265. The number of carboxylic acids is 1. The van der Waals surface area contributed by atoms with Gasteiger partial charge in [-0.25, -0.2) is 8.42 Å². The minimum absolute atomic E-state index is 0.0279. The van der Waals surface area contributed by atoms with Gasteiger partial charge in [-0.1, -0.05) is 6.92 Å². The number of aliphatic hydroxyl groups is 1. The first-order valence-electron chi connectivity index (χ1n) is 4.46. The predicted molar refractivity (Wildman–Crippen MR) is 49.6 cm³/mol. The third-order valence-electron chi connectivity index (χ3n) is 2.67. The number of hydrogen-bond acceptors (Lipinski definition) is 4. The van der Waals surface area contributed by atoms with E-state index < -0.39 is 33.1 Å². The summed E-state index contributed by atoms with van der Waals surface area (Å²) in [4.78, 5) is 10.8. The van der Waals surface area contributed by atoms with Gasteiger partial charge in [-0.15, -0.1) is 0 Å². The van der Waals surface area contributed by atoms with Crippen molar-refractivity contribution in [2.45, 2.75) is 25.4 Å². The zero-order valence-corrected chi connectivity index (χ0v) is 8.75. The molecular weight excluding hydrogens is 208 g/mol. The van der Waals surface area contributed by atoms with Gasteiger partial charge in [-0.2, -0.15) is 0 Å². The summed E-state index contributed by atoms with van der Waals surface area (Å²) in [6.45, 7) is 1.63. The van der Waals surface area contributed by atoms with E-state index in [1.165, 1.54) is 0 Å². The Morgan fingerprint density at radius 1 is 1.57 bits per heavy atom. The highest BCUT2D eigenvalue weighted by Crippen LogP contribution is 2.32. The summed E-state index contributed by atoms with van der Waals surface area (Å²) >= 11 is 0. The molecule has 0 amide bonds. The molecule has 0 saturated carbocycles. The molecule has 1 fully saturated rings. The van der Waals surface area contributed by atoms with E-state index in [-0.39, 0.29) is 18.6 Å². The van der Waals surface area contributed by atoms with Gasteiger partial charge in [0.15, 0.2) is 9.84 Å². The van der Waals surface area contributed by atoms with Gasteiger partial charge < -0.3 is 10.2 Å². The Labute approximate surface area is 82.7 Å². The summed E-state index contributed by atoms with van der Waals surface area (Å²) < 4.78 is 22.3. The minimum Gasteiger partial charge on any atom is -0.481 e. The number of hydrogen-bond donors (Lipinski definition) is 2. The molecule has 5 nitrogen and oxygen atoms in total. The van der Waals surface area contributed by atoms with E-state index in [2.05, 4.69) is 0 Å². The lowest BCUT2D eigenvalue weighted by atomic mass is 9.85. The molecule has 1 aliphatic heterocycles.